The van der Waals surface area contributed by atoms with E-state index in [4.69, 9.17) is 4.65 Å². The Kier molecular flexibility index (Phi) is 5.18. The number of hydrogen-bond donors (Lipinski definition) is 1. The Morgan fingerprint density at radius 1 is 0.913 bits per heavy atom. The monoisotopic (exact) mass is 341 g/mol. The maximum absolute atomic E-state index is 13.0. The molecule has 1 aromatic rings. The maximum Gasteiger partial charge on any atom is 0.416 e. The minimum Gasteiger partial charge on any atom is -0.427 e. The summed E-state index contributed by atoms with van der Waals surface area (Å²) in [6, 6.07) is 1.26. The molecule has 2 nitrogen and oxygen atoms in total. The van der Waals surface area contributed by atoms with Crippen LogP contribution < -0.4 is 5.46 Å². The minimum atomic E-state index is -4.98. The van der Waals surface area contributed by atoms with Gasteiger partial charge in [-0.3, -0.25) is 0 Å². The van der Waals surface area contributed by atoms with Crippen molar-refractivity contribution in [3.05, 3.63) is 29.3 Å². The zero-order chi connectivity index (χ0) is 18.3. The fourth-order valence-electron chi connectivity index (χ4n) is 1.44. The molecular formula is C14H16BF6O2. The predicted octanol–water partition coefficient (Wildman–Crippen LogP) is 3.53. The van der Waals surface area contributed by atoms with Gasteiger partial charge in [0.2, 0.25) is 0 Å². The van der Waals surface area contributed by atoms with Gasteiger partial charge in [-0.1, -0.05) is 12.1 Å². The molecule has 1 rings (SSSR count). The lowest BCUT2D eigenvalue weighted by Crippen LogP contribution is -2.49. The minimum absolute atomic E-state index is 0.0340. The third-order valence-corrected chi connectivity index (χ3v) is 3.64. The second-order valence-corrected chi connectivity index (χ2v) is 6.10. The highest BCUT2D eigenvalue weighted by molar-refractivity contribution is 6.47. The van der Waals surface area contributed by atoms with E-state index in [9.17, 15) is 31.4 Å². The van der Waals surface area contributed by atoms with Crippen LogP contribution in [0.4, 0.5) is 26.3 Å². The molecule has 0 fully saturated rings. The van der Waals surface area contributed by atoms with Crippen molar-refractivity contribution in [3.63, 3.8) is 0 Å². The molecule has 0 unspecified atom stereocenters. The number of alkyl halides is 6. The molecule has 0 aliphatic carbocycles. The van der Waals surface area contributed by atoms with Crippen LogP contribution in [0.2, 0.25) is 0 Å². The van der Waals surface area contributed by atoms with E-state index in [1.54, 1.807) is 0 Å². The van der Waals surface area contributed by atoms with Crippen molar-refractivity contribution in [2.24, 2.45) is 0 Å². The molecule has 0 aromatic heterocycles. The molecule has 0 aliphatic heterocycles. The molecule has 1 radical (unpaired) electrons. The quantitative estimate of drug-likeness (QED) is 0.671. The molecule has 0 atom stereocenters. The molecular weight excluding hydrogens is 325 g/mol. The smallest absolute Gasteiger partial charge is 0.416 e. The average Bonchev–Trinajstić information content (AvgIpc) is 2.32. The lowest BCUT2D eigenvalue weighted by molar-refractivity contribution is -0.142. The van der Waals surface area contributed by atoms with E-state index in [0.29, 0.717) is 19.6 Å². The normalized spacial score (nSPS) is 14.0. The number of aliphatic hydroxyl groups is 1. The molecule has 9 heteroatoms. The Bertz CT molecular complexity index is 558. The second kappa shape index (κ2) is 6.01. The van der Waals surface area contributed by atoms with Crippen molar-refractivity contribution in [1.29, 1.82) is 0 Å². The van der Waals surface area contributed by atoms with Crippen LogP contribution in [0.25, 0.3) is 0 Å². The molecule has 0 bridgehead atoms. The third kappa shape index (κ3) is 4.88. The highest BCUT2D eigenvalue weighted by atomic mass is 19.4. The maximum atomic E-state index is 13.0. The van der Waals surface area contributed by atoms with E-state index in [1.807, 2.05) is 0 Å². The first-order chi connectivity index (χ1) is 10.1. The first-order valence-electron chi connectivity index (χ1n) is 6.57. The third-order valence-electron chi connectivity index (χ3n) is 3.64. The summed E-state index contributed by atoms with van der Waals surface area (Å²) in [6.07, 6.45) is -9.86. The summed E-state index contributed by atoms with van der Waals surface area (Å²) in [6.45, 7) is 5.69. The van der Waals surface area contributed by atoms with Crippen LogP contribution in [0.5, 0.6) is 0 Å². The summed E-state index contributed by atoms with van der Waals surface area (Å²) >= 11 is 0. The number of halogens is 6. The Morgan fingerprint density at radius 3 is 1.83 bits per heavy atom. The summed E-state index contributed by atoms with van der Waals surface area (Å²) in [5.74, 6) is 0. The van der Waals surface area contributed by atoms with Crippen molar-refractivity contribution < 1.29 is 36.1 Å². The lowest BCUT2D eigenvalue weighted by atomic mass is 9.79. The number of rotatable bonds is 4. The van der Waals surface area contributed by atoms with E-state index in [1.165, 1.54) is 27.7 Å². The molecule has 0 saturated carbocycles. The van der Waals surface area contributed by atoms with Crippen LogP contribution in [0.3, 0.4) is 0 Å². The fraction of sp³-hybridized carbons (Fsp3) is 0.571. The lowest BCUT2D eigenvalue weighted by Gasteiger charge is -2.37. The van der Waals surface area contributed by atoms with Crippen LogP contribution in [-0.4, -0.2) is 23.8 Å². The summed E-state index contributed by atoms with van der Waals surface area (Å²) in [5, 5.41) is 9.89. The highest BCUT2D eigenvalue weighted by Crippen LogP contribution is 2.34. The molecule has 0 amide bonds. The van der Waals surface area contributed by atoms with E-state index in [2.05, 4.69) is 0 Å². The topological polar surface area (TPSA) is 29.5 Å². The Hall–Kier alpha value is -1.22. The first kappa shape index (κ1) is 19.8. The number of benzene rings is 1. The van der Waals surface area contributed by atoms with Crippen molar-refractivity contribution in [1.82, 2.24) is 0 Å². The van der Waals surface area contributed by atoms with Crippen molar-refractivity contribution in [3.8, 4) is 0 Å². The molecule has 0 aliphatic rings. The van der Waals surface area contributed by atoms with E-state index >= 15 is 0 Å². The van der Waals surface area contributed by atoms with Crippen LogP contribution in [0, 0.1) is 0 Å². The molecule has 23 heavy (non-hydrogen) atoms. The molecule has 0 saturated heterocycles. The summed E-state index contributed by atoms with van der Waals surface area (Å²) in [5.41, 5.74) is -6.04. The SMILES string of the molecule is CC(C)(O)C(C)(C)O[B]c1ccc(C(F)(F)F)cc1C(F)(F)F. The molecule has 0 spiro atoms. The van der Waals surface area contributed by atoms with Crippen LogP contribution in [0.15, 0.2) is 18.2 Å². The summed E-state index contributed by atoms with van der Waals surface area (Å²) in [7, 11) is 0.709. The molecule has 1 N–H and O–H groups in total. The Labute approximate surface area is 130 Å². The van der Waals surface area contributed by atoms with Crippen LogP contribution in [0.1, 0.15) is 38.8 Å². The van der Waals surface area contributed by atoms with Gasteiger partial charge < -0.3 is 9.76 Å². The van der Waals surface area contributed by atoms with Crippen molar-refractivity contribution >= 4 is 12.9 Å². The predicted molar refractivity (Wildman–Crippen MR) is 73.3 cm³/mol. The van der Waals surface area contributed by atoms with E-state index in [0.717, 1.165) is 0 Å². The highest BCUT2D eigenvalue weighted by Gasteiger charge is 2.40. The van der Waals surface area contributed by atoms with Gasteiger partial charge in [-0.15, -0.1) is 0 Å². The van der Waals surface area contributed by atoms with Gasteiger partial charge in [-0.25, -0.2) is 0 Å². The average molecular weight is 341 g/mol. The van der Waals surface area contributed by atoms with E-state index < -0.39 is 40.1 Å². The Morgan fingerprint density at radius 2 is 1.43 bits per heavy atom. The fourth-order valence-corrected chi connectivity index (χ4v) is 1.44. The van der Waals surface area contributed by atoms with Crippen molar-refractivity contribution in [2.75, 3.05) is 0 Å². The standard InChI is InChI=1S/C14H16BF6O2/c1-11(2,22)12(3,4)23-15-10-6-5-8(13(16,17)18)7-9(10)14(19,20)21/h5-7,22H,1-4H3. The van der Waals surface area contributed by atoms with Crippen molar-refractivity contribution in [2.45, 2.75) is 51.2 Å². The first-order valence-corrected chi connectivity index (χ1v) is 6.57. The van der Waals surface area contributed by atoms with Crippen LogP contribution >= 0.6 is 0 Å². The Balaban J connectivity index is 3.18. The van der Waals surface area contributed by atoms with Gasteiger partial charge in [0.1, 0.15) is 0 Å². The molecule has 1 aromatic carbocycles. The molecule has 129 valence electrons. The number of hydrogen-bond acceptors (Lipinski definition) is 2. The summed E-state index contributed by atoms with van der Waals surface area (Å²) < 4.78 is 81.9. The van der Waals surface area contributed by atoms with Gasteiger partial charge in [0.05, 0.1) is 22.3 Å². The second-order valence-electron chi connectivity index (χ2n) is 6.10. The van der Waals surface area contributed by atoms with Gasteiger partial charge in [0, 0.05) is 0 Å². The van der Waals surface area contributed by atoms with Gasteiger partial charge in [0.15, 0.2) is 0 Å². The van der Waals surface area contributed by atoms with Gasteiger partial charge >= 0.3 is 19.8 Å². The zero-order valence-corrected chi connectivity index (χ0v) is 12.9. The molecule has 0 heterocycles. The summed E-state index contributed by atoms with van der Waals surface area (Å²) in [4.78, 5) is 0. The van der Waals surface area contributed by atoms with Crippen LogP contribution in [-0.2, 0) is 17.0 Å². The van der Waals surface area contributed by atoms with Gasteiger partial charge in [0.25, 0.3) is 0 Å². The van der Waals surface area contributed by atoms with E-state index in [-0.39, 0.29) is 6.07 Å². The van der Waals surface area contributed by atoms with Gasteiger partial charge in [-0.2, -0.15) is 26.3 Å². The largest absolute Gasteiger partial charge is 0.427 e. The zero-order valence-electron chi connectivity index (χ0n) is 12.9. The van der Waals surface area contributed by atoms with Gasteiger partial charge in [-0.05, 0) is 39.2 Å².